The summed E-state index contributed by atoms with van der Waals surface area (Å²) in [4.78, 5) is 11.4. The van der Waals surface area contributed by atoms with E-state index in [4.69, 9.17) is 0 Å². The zero-order valence-electron chi connectivity index (χ0n) is 8.28. The highest BCUT2D eigenvalue weighted by molar-refractivity contribution is 6.16. The zero-order chi connectivity index (χ0) is 10.4. The zero-order valence-corrected chi connectivity index (χ0v) is 8.28. The van der Waals surface area contributed by atoms with Gasteiger partial charge >= 0.3 is 5.97 Å². The van der Waals surface area contributed by atoms with E-state index in [-0.39, 0.29) is 5.97 Å². The molecule has 3 nitrogen and oxygen atoms in total. The number of esters is 1. The summed E-state index contributed by atoms with van der Waals surface area (Å²) in [5.41, 5.74) is 1.37. The molecule has 1 rings (SSSR count). The monoisotopic (exact) mass is 191 g/mol. The molecule has 1 aromatic carbocycles. The molecule has 0 heterocycles. The third-order valence-electron chi connectivity index (χ3n) is 1.78. The first-order chi connectivity index (χ1) is 6.79. The second-order valence-electron chi connectivity index (χ2n) is 2.70. The SMILES string of the molecule is CN/C=C(/C(=O)OC)c1ccccc1. The number of benzene rings is 1. The van der Waals surface area contributed by atoms with Gasteiger partial charge in [0.2, 0.25) is 0 Å². The van der Waals surface area contributed by atoms with E-state index in [1.54, 1.807) is 13.2 Å². The van der Waals surface area contributed by atoms with Crippen molar-refractivity contribution in [2.45, 2.75) is 0 Å². The van der Waals surface area contributed by atoms with Crippen molar-refractivity contribution in [1.29, 1.82) is 0 Å². The summed E-state index contributed by atoms with van der Waals surface area (Å²) in [6.45, 7) is 0. The van der Waals surface area contributed by atoms with Gasteiger partial charge < -0.3 is 10.1 Å². The molecule has 0 saturated carbocycles. The molecule has 3 heteroatoms. The number of hydrogen-bond donors (Lipinski definition) is 1. The van der Waals surface area contributed by atoms with Gasteiger partial charge in [0.25, 0.3) is 0 Å². The van der Waals surface area contributed by atoms with Crippen molar-refractivity contribution in [3.8, 4) is 0 Å². The van der Waals surface area contributed by atoms with Crippen molar-refractivity contribution in [3.63, 3.8) is 0 Å². The molecule has 0 saturated heterocycles. The lowest BCUT2D eigenvalue weighted by atomic mass is 10.1. The summed E-state index contributed by atoms with van der Waals surface area (Å²) in [7, 11) is 3.11. The Morgan fingerprint density at radius 3 is 2.50 bits per heavy atom. The van der Waals surface area contributed by atoms with Crippen LogP contribution in [0.3, 0.4) is 0 Å². The summed E-state index contributed by atoms with van der Waals surface area (Å²) in [5.74, 6) is -0.342. The van der Waals surface area contributed by atoms with Crippen molar-refractivity contribution >= 4 is 11.5 Å². The standard InChI is InChI=1S/C11H13NO2/c1-12-8-10(11(13)14-2)9-6-4-3-5-7-9/h3-8,12H,1-2H3/b10-8+. The number of carbonyl (C=O) groups excluding carboxylic acids is 1. The van der Waals surface area contributed by atoms with Gasteiger partial charge in [0.1, 0.15) is 0 Å². The van der Waals surface area contributed by atoms with Gasteiger partial charge in [-0.15, -0.1) is 0 Å². The highest BCUT2D eigenvalue weighted by Gasteiger charge is 2.10. The molecule has 1 N–H and O–H groups in total. The molecule has 0 unspecified atom stereocenters. The van der Waals surface area contributed by atoms with Gasteiger partial charge in [-0.1, -0.05) is 30.3 Å². The lowest BCUT2D eigenvalue weighted by Crippen LogP contribution is -2.07. The van der Waals surface area contributed by atoms with E-state index in [0.717, 1.165) is 5.56 Å². The number of carbonyl (C=O) groups is 1. The first kappa shape index (κ1) is 10.3. The van der Waals surface area contributed by atoms with Crippen LogP contribution in [0.5, 0.6) is 0 Å². The lowest BCUT2D eigenvalue weighted by molar-refractivity contribution is -0.133. The van der Waals surface area contributed by atoms with Crippen LogP contribution in [0.4, 0.5) is 0 Å². The van der Waals surface area contributed by atoms with Crippen LogP contribution >= 0.6 is 0 Å². The molecule has 14 heavy (non-hydrogen) atoms. The Bertz CT molecular complexity index is 330. The molecule has 0 atom stereocenters. The maximum atomic E-state index is 11.4. The Morgan fingerprint density at radius 1 is 1.36 bits per heavy atom. The summed E-state index contributed by atoms with van der Waals surface area (Å²) in [5, 5.41) is 2.82. The summed E-state index contributed by atoms with van der Waals surface area (Å²) < 4.78 is 4.67. The molecular weight excluding hydrogens is 178 g/mol. The average molecular weight is 191 g/mol. The third-order valence-corrected chi connectivity index (χ3v) is 1.78. The van der Waals surface area contributed by atoms with Crippen LogP contribution in [-0.2, 0) is 9.53 Å². The molecule has 0 bridgehead atoms. The fraction of sp³-hybridized carbons (Fsp3) is 0.182. The third kappa shape index (κ3) is 2.36. The molecule has 0 aliphatic heterocycles. The molecule has 0 fully saturated rings. The van der Waals surface area contributed by atoms with E-state index in [1.165, 1.54) is 7.11 Å². The molecule has 74 valence electrons. The van der Waals surface area contributed by atoms with Crippen LogP contribution in [0, 0.1) is 0 Å². The molecule has 0 aliphatic carbocycles. The molecule has 1 aromatic rings. The second kappa shape index (κ2) is 5.07. The fourth-order valence-electron chi connectivity index (χ4n) is 1.13. The van der Waals surface area contributed by atoms with Crippen molar-refractivity contribution in [2.75, 3.05) is 14.2 Å². The van der Waals surface area contributed by atoms with E-state index in [2.05, 4.69) is 10.1 Å². The van der Waals surface area contributed by atoms with Crippen LogP contribution in [-0.4, -0.2) is 20.1 Å². The average Bonchev–Trinajstić information content (AvgIpc) is 2.26. The van der Waals surface area contributed by atoms with Gasteiger partial charge in [-0.25, -0.2) is 4.79 Å². The Balaban J connectivity index is 3.02. The molecule has 0 amide bonds. The van der Waals surface area contributed by atoms with Crippen LogP contribution in [0.1, 0.15) is 5.56 Å². The minimum atomic E-state index is -0.342. The Morgan fingerprint density at radius 2 is 2.00 bits per heavy atom. The van der Waals surface area contributed by atoms with Crippen molar-refractivity contribution in [2.24, 2.45) is 0 Å². The highest BCUT2D eigenvalue weighted by Crippen LogP contribution is 2.14. The Kier molecular flexibility index (Phi) is 3.73. The van der Waals surface area contributed by atoms with E-state index in [9.17, 15) is 4.79 Å². The van der Waals surface area contributed by atoms with Gasteiger partial charge in [-0.05, 0) is 5.56 Å². The number of ether oxygens (including phenoxy) is 1. The fourth-order valence-corrected chi connectivity index (χ4v) is 1.13. The van der Waals surface area contributed by atoms with Gasteiger partial charge in [0.15, 0.2) is 0 Å². The van der Waals surface area contributed by atoms with Crippen LogP contribution in [0.25, 0.3) is 5.57 Å². The molecule has 0 spiro atoms. The lowest BCUT2D eigenvalue weighted by Gasteiger charge is -2.04. The minimum Gasteiger partial charge on any atom is -0.465 e. The summed E-state index contributed by atoms with van der Waals surface area (Å²) >= 11 is 0. The smallest absolute Gasteiger partial charge is 0.339 e. The van der Waals surface area contributed by atoms with E-state index < -0.39 is 0 Å². The second-order valence-corrected chi connectivity index (χ2v) is 2.70. The van der Waals surface area contributed by atoms with E-state index in [0.29, 0.717) is 5.57 Å². The summed E-state index contributed by atoms with van der Waals surface area (Å²) in [6.07, 6.45) is 1.63. The number of hydrogen-bond acceptors (Lipinski definition) is 3. The normalized spacial score (nSPS) is 10.9. The predicted octanol–water partition coefficient (Wildman–Crippen LogP) is 1.42. The van der Waals surface area contributed by atoms with Gasteiger partial charge in [-0.2, -0.15) is 0 Å². The van der Waals surface area contributed by atoms with E-state index in [1.807, 2.05) is 30.3 Å². The molecule has 0 aliphatic rings. The topological polar surface area (TPSA) is 38.3 Å². The Hall–Kier alpha value is -1.77. The van der Waals surface area contributed by atoms with Crippen molar-refractivity contribution < 1.29 is 9.53 Å². The van der Waals surface area contributed by atoms with E-state index >= 15 is 0 Å². The first-order valence-electron chi connectivity index (χ1n) is 4.30. The Labute approximate surface area is 83.4 Å². The number of nitrogens with one attached hydrogen (secondary N) is 1. The van der Waals surface area contributed by atoms with Crippen molar-refractivity contribution in [1.82, 2.24) is 5.32 Å². The predicted molar refractivity (Wildman–Crippen MR) is 55.5 cm³/mol. The largest absolute Gasteiger partial charge is 0.465 e. The molecule has 0 aromatic heterocycles. The summed E-state index contributed by atoms with van der Waals surface area (Å²) in [6, 6.07) is 9.38. The maximum Gasteiger partial charge on any atom is 0.339 e. The molecule has 0 radical (unpaired) electrons. The first-order valence-corrected chi connectivity index (χ1v) is 4.30. The van der Waals surface area contributed by atoms with Crippen LogP contribution < -0.4 is 5.32 Å². The maximum absolute atomic E-state index is 11.4. The van der Waals surface area contributed by atoms with Crippen LogP contribution in [0.2, 0.25) is 0 Å². The van der Waals surface area contributed by atoms with Gasteiger partial charge in [0, 0.05) is 13.2 Å². The minimum absolute atomic E-state index is 0.342. The van der Waals surface area contributed by atoms with Crippen molar-refractivity contribution in [3.05, 3.63) is 42.1 Å². The molecular formula is C11H13NO2. The highest BCUT2D eigenvalue weighted by atomic mass is 16.5. The van der Waals surface area contributed by atoms with Crippen LogP contribution in [0.15, 0.2) is 36.5 Å². The van der Waals surface area contributed by atoms with Gasteiger partial charge in [0.05, 0.1) is 12.7 Å². The number of methoxy groups -OCH3 is 1. The van der Waals surface area contributed by atoms with Gasteiger partial charge in [-0.3, -0.25) is 0 Å². The quantitative estimate of drug-likeness (QED) is 0.580. The number of rotatable bonds is 3.